The molecule has 1 aromatic carbocycles. The molecule has 2 heterocycles. The Bertz CT molecular complexity index is 792. The molecule has 2 aromatic heterocycles. The minimum Gasteiger partial charge on any atom is -0.468 e. The van der Waals surface area contributed by atoms with E-state index < -0.39 is 0 Å². The van der Waals surface area contributed by atoms with Crippen molar-refractivity contribution in [2.75, 3.05) is 6.54 Å². The molecule has 0 saturated carbocycles. The smallest absolute Gasteiger partial charge is 0.145 e. The van der Waals surface area contributed by atoms with E-state index in [1.807, 2.05) is 48.5 Å². The normalized spacial score (nSPS) is 10.5. The number of nitrogens with zero attached hydrogens (tertiary/aromatic N) is 2. The van der Waals surface area contributed by atoms with Crippen LogP contribution in [0.4, 0.5) is 0 Å². The van der Waals surface area contributed by atoms with Gasteiger partial charge in [-0.25, -0.2) is 0 Å². The topological polar surface area (TPSA) is 38.5 Å². The molecule has 0 aliphatic rings. The summed E-state index contributed by atoms with van der Waals surface area (Å²) in [5.41, 5.74) is 1.06. The highest BCUT2D eigenvalue weighted by Gasteiger charge is 2.11. The molecular weight excluding hydrogens is 300 g/mol. The van der Waals surface area contributed by atoms with Gasteiger partial charge in [0.15, 0.2) is 0 Å². The number of pyridine rings is 1. The van der Waals surface area contributed by atoms with Gasteiger partial charge in [0, 0.05) is 18.3 Å². The summed E-state index contributed by atoms with van der Waals surface area (Å²) >= 11 is 0. The third-order valence-electron chi connectivity index (χ3n) is 3.50. The van der Waals surface area contributed by atoms with Crippen molar-refractivity contribution in [3.63, 3.8) is 0 Å². The lowest BCUT2D eigenvalue weighted by molar-refractivity contribution is 0.261. The van der Waals surface area contributed by atoms with Crippen molar-refractivity contribution >= 4 is 0 Å². The molecule has 4 heteroatoms. The van der Waals surface area contributed by atoms with E-state index in [1.165, 1.54) is 0 Å². The zero-order chi connectivity index (χ0) is 16.6. The Kier molecular flexibility index (Phi) is 5.28. The van der Waals surface area contributed by atoms with Crippen molar-refractivity contribution in [2.24, 2.45) is 0 Å². The molecule has 0 atom stereocenters. The Morgan fingerprint density at radius 1 is 1.08 bits per heavy atom. The zero-order valence-corrected chi connectivity index (χ0v) is 13.3. The van der Waals surface area contributed by atoms with E-state index in [4.69, 9.17) is 15.6 Å². The predicted molar refractivity (Wildman–Crippen MR) is 92.4 cm³/mol. The van der Waals surface area contributed by atoms with E-state index in [9.17, 15) is 0 Å². The molecule has 0 radical (unpaired) electrons. The van der Waals surface area contributed by atoms with Crippen molar-refractivity contribution in [3.05, 3.63) is 78.5 Å². The third kappa shape index (κ3) is 4.25. The van der Waals surface area contributed by atoms with Crippen LogP contribution in [0, 0.1) is 12.3 Å². The van der Waals surface area contributed by atoms with Gasteiger partial charge in [-0.15, -0.1) is 6.42 Å². The number of benzene rings is 1. The minimum atomic E-state index is 0.530. The van der Waals surface area contributed by atoms with Gasteiger partial charge in [0.25, 0.3) is 0 Å². The lowest BCUT2D eigenvalue weighted by atomic mass is 10.2. The zero-order valence-electron chi connectivity index (χ0n) is 13.3. The number of terminal acetylenes is 1. The molecule has 4 nitrogen and oxygen atoms in total. The molecule has 0 bridgehead atoms. The van der Waals surface area contributed by atoms with Crippen LogP contribution in [0.25, 0.3) is 0 Å². The lowest BCUT2D eigenvalue weighted by Crippen LogP contribution is -2.23. The first kappa shape index (κ1) is 15.9. The van der Waals surface area contributed by atoms with Gasteiger partial charge in [-0.2, -0.15) is 0 Å². The number of aromatic nitrogens is 1. The molecule has 0 fully saturated rings. The number of furan rings is 1. The van der Waals surface area contributed by atoms with Crippen LogP contribution in [0.2, 0.25) is 0 Å². The van der Waals surface area contributed by atoms with Crippen LogP contribution in [-0.4, -0.2) is 16.4 Å². The highest BCUT2D eigenvalue weighted by molar-refractivity contribution is 5.37. The molecule has 120 valence electrons. The van der Waals surface area contributed by atoms with Crippen molar-refractivity contribution in [1.29, 1.82) is 0 Å². The number of para-hydroxylation sites is 1. The maximum absolute atomic E-state index is 5.96. The monoisotopic (exact) mass is 318 g/mol. The van der Waals surface area contributed by atoms with Crippen LogP contribution in [0.3, 0.4) is 0 Å². The fourth-order valence-corrected chi connectivity index (χ4v) is 2.43. The fourth-order valence-electron chi connectivity index (χ4n) is 2.43. The number of ether oxygens (including phenoxy) is 1. The Morgan fingerprint density at radius 3 is 2.75 bits per heavy atom. The van der Waals surface area contributed by atoms with Crippen molar-refractivity contribution in [2.45, 2.75) is 13.1 Å². The molecule has 3 rings (SSSR count). The molecule has 0 unspecified atom stereocenters. The molecule has 24 heavy (non-hydrogen) atoms. The van der Waals surface area contributed by atoms with Gasteiger partial charge in [-0.1, -0.05) is 24.1 Å². The molecule has 0 N–H and O–H groups in total. The van der Waals surface area contributed by atoms with Gasteiger partial charge >= 0.3 is 0 Å². The molecule has 0 aliphatic heterocycles. The molecule has 0 aliphatic carbocycles. The van der Waals surface area contributed by atoms with E-state index in [1.54, 1.807) is 18.7 Å². The predicted octanol–water partition coefficient (Wildman–Crippen LogP) is 4.10. The van der Waals surface area contributed by atoms with Crippen LogP contribution >= 0.6 is 0 Å². The first-order valence-electron chi connectivity index (χ1n) is 7.69. The van der Waals surface area contributed by atoms with Crippen molar-refractivity contribution in [3.8, 4) is 23.8 Å². The van der Waals surface area contributed by atoms with Gasteiger partial charge in [-0.3, -0.25) is 9.88 Å². The highest BCUT2D eigenvalue weighted by atomic mass is 16.5. The first-order chi connectivity index (χ1) is 11.8. The summed E-state index contributed by atoms with van der Waals surface area (Å²) in [4.78, 5) is 6.21. The molecule has 0 amide bonds. The van der Waals surface area contributed by atoms with Crippen LogP contribution in [0.1, 0.15) is 11.3 Å². The summed E-state index contributed by atoms with van der Waals surface area (Å²) in [6.07, 6.45) is 10.6. The van der Waals surface area contributed by atoms with E-state index in [2.05, 4.69) is 15.8 Å². The summed E-state index contributed by atoms with van der Waals surface area (Å²) in [6, 6.07) is 15.5. The van der Waals surface area contributed by atoms with Crippen LogP contribution in [0.5, 0.6) is 11.5 Å². The highest BCUT2D eigenvalue weighted by Crippen LogP contribution is 2.26. The molecule has 0 spiro atoms. The van der Waals surface area contributed by atoms with Crippen LogP contribution in [-0.2, 0) is 13.1 Å². The van der Waals surface area contributed by atoms with E-state index in [0.717, 1.165) is 17.1 Å². The van der Waals surface area contributed by atoms with Gasteiger partial charge in [0.05, 0.1) is 25.5 Å². The number of hydrogen-bond donors (Lipinski definition) is 0. The van der Waals surface area contributed by atoms with Gasteiger partial charge in [0.1, 0.15) is 17.3 Å². The average molecular weight is 318 g/mol. The van der Waals surface area contributed by atoms with E-state index in [0.29, 0.717) is 25.4 Å². The Hall–Kier alpha value is -3.03. The standard InChI is InChI=1S/C20H18N2O2/c1-2-12-22(16-19-9-6-13-23-19)15-17-7-3-4-10-20(17)24-18-8-5-11-21-14-18/h1,3-11,13-14H,12,15-16H2. The molecular formula is C20H18N2O2. The van der Waals surface area contributed by atoms with E-state index >= 15 is 0 Å². The SMILES string of the molecule is C#CCN(Cc1ccco1)Cc1ccccc1Oc1cccnc1. The van der Waals surface area contributed by atoms with Crippen LogP contribution < -0.4 is 4.74 Å². The largest absolute Gasteiger partial charge is 0.468 e. The lowest BCUT2D eigenvalue weighted by Gasteiger charge is -2.20. The number of rotatable bonds is 7. The van der Waals surface area contributed by atoms with E-state index in [-0.39, 0.29) is 0 Å². The van der Waals surface area contributed by atoms with Gasteiger partial charge in [-0.05, 0) is 30.3 Å². The minimum absolute atomic E-state index is 0.530. The summed E-state index contributed by atoms with van der Waals surface area (Å²) in [7, 11) is 0. The van der Waals surface area contributed by atoms with Crippen LogP contribution in [0.15, 0.2) is 71.6 Å². The maximum Gasteiger partial charge on any atom is 0.145 e. The Morgan fingerprint density at radius 2 is 2.00 bits per heavy atom. The van der Waals surface area contributed by atoms with Crippen molar-refractivity contribution in [1.82, 2.24) is 9.88 Å². The Balaban J connectivity index is 1.76. The fraction of sp³-hybridized carbons (Fsp3) is 0.150. The van der Waals surface area contributed by atoms with Crippen molar-refractivity contribution < 1.29 is 9.15 Å². The summed E-state index contributed by atoms with van der Waals surface area (Å²) < 4.78 is 11.4. The summed E-state index contributed by atoms with van der Waals surface area (Å²) in [5, 5.41) is 0. The Labute approximate surface area is 141 Å². The van der Waals surface area contributed by atoms with Gasteiger partial charge < -0.3 is 9.15 Å². The third-order valence-corrected chi connectivity index (χ3v) is 3.50. The number of hydrogen-bond acceptors (Lipinski definition) is 4. The second-order valence-corrected chi connectivity index (χ2v) is 5.33. The first-order valence-corrected chi connectivity index (χ1v) is 7.69. The molecule has 0 saturated heterocycles. The summed E-state index contributed by atoms with van der Waals surface area (Å²) in [5.74, 6) is 5.09. The second kappa shape index (κ2) is 8.00. The maximum atomic E-state index is 5.96. The average Bonchev–Trinajstić information content (AvgIpc) is 3.11. The van der Waals surface area contributed by atoms with Gasteiger partial charge in [0.2, 0.25) is 0 Å². The molecule has 3 aromatic rings. The summed E-state index contributed by atoms with van der Waals surface area (Å²) in [6.45, 7) is 1.85. The quantitative estimate of drug-likeness (QED) is 0.615. The second-order valence-electron chi connectivity index (χ2n) is 5.33.